The maximum absolute atomic E-state index is 13.6. The van der Waals surface area contributed by atoms with Crippen molar-refractivity contribution in [3.8, 4) is 5.75 Å². The van der Waals surface area contributed by atoms with Crippen molar-refractivity contribution in [2.45, 2.75) is 45.2 Å². The van der Waals surface area contributed by atoms with Crippen molar-refractivity contribution in [1.82, 2.24) is 9.80 Å². The van der Waals surface area contributed by atoms with Gasteiger partial charge in [-0.2, -0.15) is 0 Å². The minimum atomic E-state index is -0.312. The van der Waals surface area contributed by atoms with Gasteiger partial charge < -0.3 is 14.5 Å². The van der Waals surface area contributed by atoms with Gasteiger partial charge in [0.1, 0.15) is 11.6 Å². The molecule has 0 atom stereocenters. The summed E-state index contributed by atoms with van der Waals surface area (Å²) in [5.74, 6) is 0.629. The quantitative estimate of drug-likeness (QED) is 0.622. The van der Waals surface area contributed by atoms with Crippen LogP contribution in [0.1, 0.15) is 43.2 Å². The predicted molar refractivity (Wildman–Crippen MR) is 113 cm³/mol. The molecule has 0 aliphatic carbocycles. The third-order valence-corrected chi connectivity index (χ3v) is 5.39. The van der Waals surface area contributed by atoms with Crippen LogP contribution in [0.2, 0.25) is 0 Å². The van der Waals surface area contributed by atoms with Crippen molar-refractivity contribution in [2.75, 3.05) is 20.2 Å². The van der Waals surface area contributed by atoms with E-state index < -0.39 is 0 Å². The second-order valence-corrected chi connectivity index (χ2v) is 7.67. The molecule has 0 unspecified atom stereocenters. The van der Waals surface area contributed by atoms with E-state index in [-0.39, 0.29) is 17.6 Å². The summed E-state index contributed by atoms with van der Waals surface area (Å²) in [7, 11) is 1.61. The Kier molecular flexibility index (Phi) is 7.82. The van der Waals surface area contributed by atoms with E-state index in [9.17, 15) is 14.0 Å². The standard InChI is InChI=1S/C24H29FN2O3/c1-30-22-12-10-19(11-13-22)17-27(18-20-6-4-7-21(25)16-20)24(29)9-5-15-26-14-3-2-8-23(26)28/h4,6-7,10-13,16H,2-3,5,8-9,14-15,17-18H2,1H3. The number of carbonyl (C=O) groups excluding carboxylic acids is 2. The fraction of sp³-hybridized carbons (Fsp3) is 0.417. The van der Waals surface area contributed by atoms with Crippen LogP contribution in [-0.4, -0.2) is 41.8 Å². The van der Waals surface area contributed by atoms with Gasteiger partial charge in [-0.1, -0.05) is 24.3 Å². The zero-order valence-corrected chi connectivity index (χ0v) is 17.5. The SMILES string of the molecule is COc1ccc(CN(Cc2cccc(F)c2)C(=O)CCCN2CCCCC2=O)cc1. The molecule has 2 aromatic rings. The first kappa shape index (κ1) is 21.8. The summed E-state index contributed by atoms with van der Waals surface area (Å²) in [4.78, 5) is 28.5. The second kappa shape index (κ2) is 10.8. The van der Waals surface area contributed by atoms with Gasteiger partial charge in [-0.25, -0.2) is 4.39 Å². The van der Waals surface area contributed by atoms with Gasteiger partial charge >= 0.3 is 0 Å². The number of halogens is 1. The van der Waals surface area contributed by atoms with E-state index in [1.807, 2.05) is 35.2 Å². The monoisotopic (exact) mass is 412 g/mol. The Morgan fingerprint density at radius 2 is 1.87 bits per heavy atom. The molecule has 0 aromatic heterocycles. The maximum Gasteiger partial charge on any atom is 0.223 e. The summed E-state index contributed by atoms with van der Waals surface area (Å²) < 4.78 is 18.8. The molecule has 1 fully saturated rings. The number of hydrogen-bond donors (Lipinski definition) is 0. The van der Waals surface area contributed by atoms with Gasteiger partial charge in [0.2, 0.25) is 11.8 Å². The molecule has 160 valence electrons. The third kappa shape index (κ3) is 6.31. The van der Waals surface area contributed by atoms with Crippen molar-refractivity contribution in [2.24, 2.45) is 0 Å². The van der Waals surface area contributed by atoms with Crippen LogP contribution in [0.3, 0.4) is 0 Å². The topological polar surface area (TPSA) is 49.9 Å². The first-order chi connectivity index (χ1) is 14.5. The first-order valence-electron chi connectivity index (χ1n) is 10.5. The second-order valence-electron chi connectivity index (χ2n) is 7.67. The summed E-state index contributed by atoms with van der Waals surface area (Å²) in [6.07, 6.45) is 3.58. The summed E-state index contributed by atoms with van der Waals surface area (Å²) in [6.45, 7) is 2.17. The number of hydrogen-bond acceptors (Lipinski definition) is 3. The molecule has 2 amide bonds. The predicted octanol–water partition coefficient (Wildman–Crippen LogP) is 4.16. The average molecular weight is 413 g/mol. The van der Waals surface area contributed by atoms with E-state index in [4.69, 9.17) is 4.74 Å². The van der Waals surface area contributed by atoms with Crippen LogP contribution in [0, 0.1) is 5.82 Å². The van der Waals surface area contributed by atoms with Gasteiger partial charge in [0.05, 0.1) is 7.11 Å². The molecule has 1 saturated heterocycles. The average Bonchev–Trinajstić information content (AvgIpc) is 2.75. The molecule has 0 saturated carbocycles. The largest absolute Gasteiger partial charge is 0.497 e. The Hall–Kier alpha value is -2.89. The molecular formula is C24H29FN2O3. The number of piperidine rings is 1. The number of rotatable bonds is 9. The summed E-state index contributed by atoms with van der Waals surface area (Å²) in [5.41, 5.74) is 1.73. The van der Waals surface area contributed by atoms with E-state index in [0.717, 1.165) is 36.3 Å². The van der Waals surface area contributed by atoms with Gasteiger partial charge in [0, 0.05) is 39.0 Å². The van der Waals surface area contributed by atoms with Crippen LogP contribution in [0.4, 0.5) is 4.39 Å². The molecule has 30 heavy (non-hydrogen) atoms. The van der Waals surface area contributed by atoms with Gasteiger partial charge in [0.15, 0.2) is 0 Å². The van der Waals surface area contributed by atoms with Crippen LogP contribution >= 0.6 is 0 Å². The summed E-state index contributed by atoms with van der Waals surface area (Å²) in [6, 6.07) is 13.9. The zero-order valence-electron chi connectivity index (χ0n) is 17.5. The van der Waals surface area contributed by atoms with Crippen molar-refractivity contribution >= 4 is 11.8 Å². The van der Waals surface area contributed by atoms with Crippen LogP contribution in [0.25, 0.3) is 0 Å². The summed E-state index contributed by atoms with van der Waals surface area (Å²) >= 11 is 0. The van der Waals surface area contributed by atoms with Crippen molar-refractivity contribution < 1.29 is 18.7 Å². The lowest BCUT2D eigenvalue weighted by atomic mass is 10.1. The number of benzene rings is 2. The Labute approximate surface area is 177 Å². The van der Waals surface area contributed by atoms with Gasteiger partial charge in [0.25, 0.3) is 0 Å². The number of ether oxygens (including phenoxy) is 1. The number of carbonyl (C=O) groups is 2. The molecule has 2 aromatic carbocycles. The normalized spacial score (nSPS) is 13.9. The van der Waals surface area contributed by atoms with Gasteiger partial charge in [-0.3, -0.25) is 9.59 Å². The van der Waals surface area contributed by atoms with E-state index in [1.54, 1.807) is 18.1 Å². The lowest BCUT2D eigenvalue weighted by Crippen LogP contribution is -2.37. The van der Waals surface area contributed by atoms with Crippen LogP contribution in [-0.2, 0) is 22.7 Å². The lowest BCUT2D eigenvalue weighted by Gasteiger charge is -2.27. The highest BCUT2D eigenvalue weighted by molar-refractivity contribution is 5.77. The van der Waals surface area contributed by atoms with Crippen LogP contribution in [0.5, 0.6) is 5.75 Å². The number of methoxy groups -OCH3 is 1. The van der Waals surface area contributed by atoms with E-state index in [2.05, 4.69) is 0 Å². The van der Waals surface area contributed by atoms with E-state index in [0.29, 0.717) is 38.9 Å². The Bertz CT molecular complexity index is 854. The highest BCUT2D eigenvalue weighted by Gasteiger charge is 2.19. The molecule has 3 rings (SSSR count). The Balaban J connectivity index is 1.63. The highest BCUT2D eigenvalue weighted by Crippen LogP contribution is 2.17. The zero-order chi connectivity index (χ0) is 21.3. The fourth-order valence-corrected chi connectivity index (χ4v) is 3.72. The molecule has 5 nitrogen and oxygen atoms in total. The van der Waals surface area contributed by atoms with Crippen molar-refractivity contribution in [1.29, 1.82) is 0 Å². The van der Waals surface area contributed by atoms with E-state index >= 15 is 0 Å². The van der Waals surface area contributed by atoms with Gasteiger partial charge in [-0.15, -0.1) is 0 Å². The van der Waals surface area contributed by atoms with Crippen LogP contribution in [0.15, 0.2) is 48.5 Å². The minimum Gasteiger partial charge on any atom is -0.497 e. The van der Waals surface area contributed by atoms with Crippen LogP contribution < -0.4 is 4.74 Å². The molecule has 0 radical (unpaired) electrons. The third-order valence-electron chi connectivity index (χ3n) is 5.39. The number of likely N-dealkylation sites (tertiary alicyclic amines) is 1. The molecule has 1 aliphatic heterocycles. The van der Waals surface area contributed by atoms with E-state index in [1.165, 1.54) is 12.1 Å². The molecule has 6 heteroatoms. The number of amides is 2. The Morgan fingerprint density at radius 1 is 1.10 bits per heavy atom. The first-order valence-corrected chi connectivity index (χ1v) is 10.5. The highest BCUT2D eigenvalue weighted by atomic mass is 19.1. The van der Waals surface area contributed by atoms with Crippen molar-refractivity contribution in [3.63, 3.8) is 0 Å². The minimum absolute atomic E-state index is 0.000428. The molecule has 1 aliphatic rings. The molecule has 0 N–H and O–H groups in total. The summed E-state index contributed by atoms with van der Waals surface area (Å²) in [5, 5.41) is 0. The lowest BCUT2D eigenvalue weighted by molar-refractivity contribution is -0.135. The molecule has 0 bridgehead atoms. The fourth-order valence-electron chi connectivity index (χ4n) is 3.72. The maximum atomic E-state index is 13.6. The van der Waals surface area contributed by atoms with Crippen molar-refractivity contribution in [3.05, 3.63) is 65.5 Å². The Morgan fingerprint density at radius 3 is 2.57 bits per heavy atom. The molecule has 0 spiro atoms. The molecule has 1 heterocycles. The number of nitrogens with zero attached hydrogens (tertiary/aromatic N) is 2. The molecular weight excluding hydrogens is 383 g/mol. The van der Waals surface area contributed by atoms with Gasteiger partial charge in [-0.05, 0) is 54.7 Å². The smallest absolute Gasteiger partial charge is 0.223 e.